The van der Waals surface area contributed by atoms with E-state index in [0.29, 0.717) is 40.3 Å². The van der Waals surface area contributed by atoms with Crippen LogP contribution >= 0.6 is 11.6 Å². The Balaban J connectivity index is 2.24. The van der Waals surface area contributed by atoms with Crippen LogP contribution in [0.2, 0.25) is 0 Å². The van der Waals surface area contributed by atoms with Crippen LogP contribution in [0.15, 0.2) is 23.0 Å². The Kier molecular flexibility index (Phi) is 5.82. The van der Waals surface area contributed by atoms with E-state index in [2.05, 4.69) is 22.0 Å². The zero-order valence-corrected chi connectivity index (χ0v) is 16.4. The van der Waals surface area contributed by atoms with E-state index in [1.165, 1.54) is 0 Å². The fourth-order valence-corrected chi connectivity index (χ4v) is 3.27. The van der Waals surface area contributed by atoms with Gasteiger partial charge in [-0.1, -0.05) is 19.4 Å². The summed E-state index contributed by atoms with van der Waals surface area (Å²) in [4.78, 5) is 20.2. The van der Waals surface area contributed by atoms with Gasteiger partial charge in [-0.15, -0.1) is 11.6 Å². The highest BCUT2D eigenvalue weighted by Crippen LogP contribution is 2.31. The molecule has 0 bridgehead atoms. The van der Waals surface area contributed by atoms with Crippen LogP contribution in [0, 0.1) is 0 Å². The molecule has 1 aromatic carbocycles. The van der Waals surface area contributed by atoms with E-state index in [9.17, 15) is 9.90 Å². The van der Waals surface area contributed by atoms with Crippen LogP contribution in [0.25, 0.3) is 22.4 Å². The SMILES string of the molecule is CCCc1nn(C)c2c(=O)[nH]c(-c3cc(C(O)CCl)ccc3OCC)nc12. The lowest BCUT2D eigenvalue weighted by molar-refractivity contribution is 0.202. The lowest BCUT2D eigenvalue weighted by Crippen LogP contribution is -2.13. The van der Waals surface area contributed by atoms with Gasteiger partial charge in [0.1, 0.15) is 17.1 Å². The van der Waals surface area contributed by atoms with Gasteiger partial charge in [-0.25, -0.2) is 4.98 Å². The minimum Gasteiger partial charge on any atom is -0.493 e. The van der Waals surface area contributed by atoms with Gasteiger partial charge in [0.05, 0.1) is 29.8 Å². The van der Waals surface area contributed by atoms with Gasteiger partial charge in [-0.05, 0) is 31.0 Å². The molecule has 2 aromatic heterocycles. The second-order valence-corrected chi connectivity index (χ2v) is 6.60. The largest absolute Gasteiger partial charge is 0.493 e. The number of aliphatic hydroxyl groups is 1. The molecule has 0 aliphatic heterocycles. The average molecular weight is 391 g/mol. The number of aryl methyl sites for hydroxylation is 2. The van der Waals surface area contributed by atoms with Gasteiger partial charge < -0.3 is 14.8 Å². The van der Waals surface area contributed by atoms with E-state index < -0.39 is 6.10 Å². The van der Waals surface area contributed by atoms with Crippen LogP contribution < -0.4 is 10.3 Å². The number of halogens is 1. The van der Waals surface area contributed by atoms with Crippen LogP contribution in [0.4, 0.5) is 0 Å². The molecule has 144 valence electrons. The molecule has 8 heteroatoms. The number of hydrogen-bond acceptors (Lipinski definition) is 5. The van der Waals surface area contributed by atoms with Crippen LogP contribution in [0.1, 0.15) is 37.6 Å². The predicted octanol–water partition coefficient (Wildman–Crippen LogP) is 2.95. The van der Waals surface area contributed by atoms with E-state index in [1.54, 1.807) is 29.9 Å². The summed E-state index contributed by atoms with van der Waals surface area (Å²) in [6.45, 7) is 4.40. The van der Waals surface area contributed by atoms with Crippen molar-refractivity contribution >= 4 is 22.6 Å². The number of alkyl halides is 1. The maximum atomic E-state index is 12.7. The Morgan fingerprint density at radius 1 is 1.37 bits per heavy atom. The number of H-pyrrole nitrogens is 1. The second kappa shape index (κ2) is 8.10. The first-order valence-electron chi connectivity index (χ1n) is 8.97. The van der Waals surface area contributed by atoms with Gasteiger partial charge in [0.2, 0.25) is 0 Å². The monoisotopic (exact) mass is 390 g/mol. The second-order valence-electron chi connectivity index (χ2n) is 6.29. The fourth-order valence-electron chi connectivity index (χ4n) is 3.09. The molecule has 0 amide bonds. The summed E-state index contributed by atoms with van der Waals surface area (Å²) in [6, 6.07) is 5.26. The first kappa shape index (κ1) is 19.4. The third-order valence-electron chi connectivity index (χ3n) is 4.34. The quantitative estimate of drug-likeness (QED) is 0.605. The van der Waals surface area contributed by atoms with E-state index in [1.807, 2.05) is 6.92 Å². The molecule has 0 radical (unpaired) electrons. The number of nitrogens with zero attached hydrogens (tertiary/aromatic N) is 3. The van der Waals surface area contributed by atoms with Crippen molar-refractivity contribution in [3.63, 3.8) is 0 Å². The number of nitrogens with one attached hydrogen (secondary N) is 1. The molecule has 2 N–H and O–H groups in total. The van der Waals surface area contributed by atoms with Crippen molar-refractivity contribution in [2.75, 3.05) is 12.5 Å². The highest BCUT2D eigenvalue weighted by molar-refractivity contribution is 6.18. The van der Waals surface area contributed by atoms with Crippen molar-refractivity contribution in [1.82, 2.24) is 19.7 Å². The third-order valence-corrected chi connectivity index (χ3v) is 4.63. The van der Waals surface area contributed by atoms with Crippen LogP contribution in [0.3, 0.4) is 0 Å². The van der Waals surface area contributed by atoms with Crippen molar-refractivity contribution in [1.29, 1.82) is 0 Å². The molecular weight excluding hydrogens is 368 g/mol. The van der Waals surface area contributed by atoms with Gasteiger partial charge in [-0.3, -0.25) is 9.48 Å². The van der Waals surface area contributed by atoms with Crippen LogP contribution in [-0.4, -0.2) is 37.3 Å². The highest BCUT2D eigenvalue weighted by atomic mass is 35.5. The number of benzene rings is 1. The molecule has 0 aliphatic carbocycles. The molecule has 3 aromatic rings. The molecule has 2 heterocycles. The Bertz CT molecular complexity index is 1010. The van der Waals surface area contributed by atoms with Crippen molar-refractivity contribution < 1.29 is 9.84 Å². The normalized spacial score (nSPS) is 12.5. The molecule has 27 heavy (non-hydrogen) atoms. The minimum absolute atomic E-state index is 0.0691. The standard InChI is InChI=1S/C19H23ClN4O3/c1-4-6-13-16-17(24(3)23-13)19(26)22-18(21-16)12-9-11(14(25)10-20)7-8-15(12)27-5-2/h7-9,14,25H,4-6,10H2,1-3H3,(H,21,22,26). The summed E-state index contributed by atoms with van der Waals surface area (Å²) >= 11 is 5.78. The van der Waals surface area contributed by atoms with Crippen LogP contribution in [0.5, 0.6) is 5.75 Å². The molecule has 0 saturated heterocycles. The summed E-state index contributed by atoms with van der Waals surface area (Å²) in [5.41, 5.74) is 2.78. The molecule has 1 unspecified atom stereocenters. The predicted molar refractivity (Wildman–Crippen MR) is 105 cm³/mol. The lowest BCUT2D eigenvalue weighted by atomic mass is 10.0. The molecule has 0 fully saturated rings. The molecule has 0 aliphatic rings. The van der Waals surface area contributed by atoms with Gasteiger partial charge in [-0.2, -0.15) is 5.10 Å². The minimum atomic E-state index is -0.814. The maximum absolute atomic E-state index is 12.7. The summed E-state index contributed by atoms with van der Waals surface area (Å²) in [5.74, 6) is 1.02. The first-order valence-corrected chi connectivity index (χ1v) is 9.50. The summed E-state index contributed by atoms with van der Waals surface area (Å²) in [5, 5.41) is 14.5. The topological polar surface area (TPSA) is 93.0 Å². The Morgan fingerprint density at radius 2 is 2.15 bits per heavy atom. The fraction of sp³-hybridized carbons (Fsp3) is 0.421. The molecule has 1 atom stereocenters. The van der Waals surface area contributed by atoms with Gasteiger partial charge >= 0.3 is 0 Å². The van der Waals surface area contributed by atoms with E-state index in [-0.39, 0.29) is 11.4 Å². The molecular formula is C19H23ClN4O3. The Labute approximate surface area is 162 Å². The third kappa shape index (κ3) is 3.70. The van der Waals surface area contributed by atoms with E-state index in [4.69, 9.17) is 16.3 Å². The lowest BCUT2D eigenvalue weighted by Gasteiger charge is -2.14. The Morgan fingerprint density at radius 3 is 2.81 bits per heavy atom. The number of aliphatic hydroxyl groups excluding tert-OH is 1. The van der Waals surface area contributed by atoms with Crippen molar-refractivity contribution in [2.45, 2.75) is 32.8 Å². The van der Waals surface area contributed by atoms with Gasteiger partial charge in [0.15, 0.2) is 5.52 Å². The van der Waals surface area contributed by atoms with Crippen molar-refractivity contribution in [2.24, 2.45) is 7.05 Å². The molecule has 0 saturated carbocycles. The molecule has 7 nitrogen and oxygen atoms in total. The number of fused-ring (bicyclic) bond motifs is 1. The van der Waals surface area contributed by atoms with Crippen LogP contribution in [-0.2, 0) is 13.5 Å². The zero-order chi connectivity index (χ0) is 19.6. The zero-order valence-electron chi connectivity index (χ0n) is 15.6. The Hall–Kier alpha value is -2.38. The smallest absolute Gasteiger partial charge is 0.277 e. The molecule has 3 rings (SSSR count). The average Bonchev–Trinajstić information content (AvgIpc) is 2.98. The van der Waals surface area contributed by atoms with E-state index >= 15 is 0 Å². The number of rotatable bonds is 7. The summed E-state index contributed by atoms with van der Waals surface area (Å²) in [7, 11) is 1.74. The van der Waals surface area contributed by atoms with Gasteiger partial charge in [0, 0.05) is 7.05 Å². The number of ether oxygens (including phenoxy) is 1. The summed E-state index contributed by atoms with van der Waals surface area (Å²) < 4.78 is 7.26. The highest BCUT2D eigenvalue weighted by Gasteiger charge is 2.18. The van der Waals surface area contributed by atoms with E-state index in [0.717, 1.165) is 18.5 Å². The van der Waals surface area contributed by atoms with Gasteiger partial charge in [0.25, 0.3) is 5.56 Å². The molecule has 0 spiro atoms. The number of aromatic amines is 1. The maximum Gasteiger partial charge on any atom is 0.277 e. The first-order chi connectivity index (χ1) is 13.0. The summed E-state index contributed by atoms with van der Waals surface area (Å²) in [6.07, 6.45) is 0.819. The number of aromatic nitrogens is 4. The number of hydrogen-bond donors (Lipinski definition) is 2. The van der Waals surface area contributed by atoms with Crippen molar-refractivity contribution in [3.8, 4) is 17.1 Å². The van der Waals surface area contributed by atoms with Crippen molar-refractivity contribution in [3.05, 3.63) is 39.8 Å².